The summed E-state index contributed by atoms with van der Waals surface area (Å²) in [5, 5.41) is 4.59. The molecule has 1 atom stereocenters. The van der Waals surface area contributed by atoms with Crippen LogP contribution in [0.5, 0.6) is 0 Å². The van der Waals surface area contributed by atoms with E-state index in [4.69, 9.17) is 9.79 Å². The fourth-order valence-electron chi connectivity index (χ4n) is 2.89. The molecule has 3 aromatic carbocycles. The number of hydrogen-bond donors (Lipinski definition) is 3. The van der Waals surface area contributed by atoms with Gasteiger partial charge in [-0.25, -0.2) is 8.96 Å². The number of amides is 1. The summed E-state index contributed by atoms with van der Waals surface area (Å²) >= 11 is 0. The second-order valence-electron chi connectivity index (χ2n) is 6.35. The summed E-state index contributed by atoms with van der Waals surface area (Å²) < 4.78 is 29.0. The van der Waals surface area contributed by atoms with Crippen LogP contribution in [0.1, 0.15) is 15.9 Å². The van der Waals surface area contributed by atoms with Crippen molar-refractivity contribution in [3.63, 3.8) is 0 Å². The zero-order valence-corrected chi connectivity index (χ0v) is 15.7. The van der Waals surface area contributed by atoms with Crippen LogP contribution in [0.4, 0.5) is 4.39 Å². The minimum absolute atomic E-state index is 0.150. The van der Waals surface area contributed by atoms with Crippen LogP contribution < -0.4 is 5.32 Å². The molecule has 0 heterocycles. The summed E-state index contributed by atoms with van der Waals surface area (Å²) in [5.41, 5.74) is 0.970. The van der Waals surface area contributed by atoms with Gasteiger partial charge in [0.1, 0.15) is 5.82 Å². The third-order valence-electron chi connectivity index (χ3n) is 4.16. The van der Waals surface area contributed by atoms with Gasteiger partial charge in [0.05, 0.1) is 12.6 Å². The first-order chi connectivity index (χ1) is 13.3. The Morgan fingerprint density at radius 2 is 1.79 bits per heavy atom. The van der Waals surface area contributed by atoms with Crippen molar-refractivity contribution in [3.8, 4) is 0 Å². The van der Waals surface area contributed by atoms with Gasteiger partial charge in [0.15, 0.2) is 0 Å². The Bertz CT molecular complexity index is 1040. The fourth-order valence-corrected chi connectivity index (χ4v) is 3.26. The average molecular weight is 403 g/mol. The molecule has 0 saturated carbocycles. The number of rotatable bonds is 7. The summed E-state index contributed by atoms with van der Waals surface area (Å²) in [7, 11) is -4.71. The van der Waals surface area contributed by atoms with Crippen LogP contribution in [-0.4, -0.2) is 28.3 Å². The Hall–Kier alpha value is -2.57. The normalized spacial score (nSPS) is 12.7. The monoisotopic (exact) mass is 403 g/mol. The third-order valence-corrected chi connectivity index (χ3v) is 4.65. The van der Waals surface area contributed by atoms with E-state index in [0.717, 1.165) is 10.8 Å². The lowest BCUT2D eigenvalue weighted by atomic mass is 10.0. The Morgan fingerprint density at radius 3 is 2.50 bits per heavy atom. The molecule has 28 heavy (non-hydrogen) atoms. The van der Waals surface area contributed by atoms with E-state index in [1.54, 1.807) is 18.2 Å². The molecule has 8 heteroatoms. The first kappa shape index (κ1) is 20.2. The Morgan fingerprint density at radius 1 is 1.04 bits per heavy atom. The van der Waals surface area contributed by atoms with Crippen LogP contribution in [0.3, 0.4) is 0 Å². The number of hydrogen-bond acceptors (Lipinski definition) is 3. The van der Waals surface area contributed by atoms with Crippen LogP contribution in [0.15, 0.2) is 66.7 Å². The number of fused-ring (bicyclic) bond motifs is 1. The molecule has 0 aromatic heterocycles. The van der Waals surface area contributed by atoms with Crippen LogP contribution in [0, 0.1) is 5.82 Å². The van der Waals surface area contributed by atoms with E-state index in [2.05, 4.69) is 9.84 Å². The average Bonchev–Trinajstić information content (AvgIpc) is 2.65. The van der Waals surface area contributed by atoms with Gasteiger partial charge in [-0.2, -0.15) is 0 Å². The fraction of sp³-hybridized carbons (Fsp3) is 0.150. The predicted molar refractivity (Wildman–Crippen MR) is 103 cm³/mol. The van der Waals surface area contributed by atoms with Crippen molar-refractivity contribution in [3.05, 3.63) is 83.7 Å². The van der Waals surface area contributed by atoms with Crippen molar-refractivity contribution in [2.75, 3.05) is 6.61 Å². The topological polar surface area (TPSA) is 95.9 Å². The minimum atomic E-state index is -4.71. The lowest BCUT2D eigenvalue weighted by Crippen LogP contribution is -2.39. The molecule has 0 spiro atoms. The van der Waals surface area contributed by atoms with Crippen molar-refractivity contribution in [1.82, 2.24) is 5.32 Å². The van der Waals surface area contributed by atoms with Gasteiger partial charge < -0.3 is 15.1 Å². The van der Waals surface area contributed by atoms with E-state index < -0.39 is 32.2 Å². The molecule has 3 rings (SSSR count). The molecule has 0 fully saturated rings. The summed E-state index contributed by atoms with van der Waals surface area (Å²) in [6.07, 6.45) is 0.150. The maximum Gasteiger partial charge on any atom is 0.469 e. The maximum absolute atomic E-state index is 13.4. The molecule has 0 bridgehead atoms. The maximum atomic E-state index is 13.4. The molecule has 146 valence electrons. The molecule has 0 aliphatic carbocycles. The highest BCUT2D eigenvalue weighted by molar-refractivity contribution is 7.46. The van der Waals surface area contributed by atoms with Gasteiger partial charge in [-0.05, 0) is 47.0 Å². The van der Waals surface area contributed by atoms with Gasteiger partial charge >= 0.3 is 7.82 Å². The minimum Gasteiger partial charge on any atom is -0.347 e. The number of carbonyl (C=O) groups is 1. The van der Waals surface area contributed by atoms with Gasteiger partial charge in [-0.1, -0.05) is 42.5 Å². The van der Waals surface area contributed by atoms with Crippen LogP contribution >= 0.6 is 7.82 Å². The van der Waals surface area contributed by atoms with E-state index in [1.807, 2.05) is 30.3 Å². The molecule has 1 amide bonds. The largest absolute Gasteiger partial charge is 0.469 e. The zero-order chi connectivity index (χ0) is 20.1. The zero-order valence-electron chi connectivity index (χ0n) is 14.8. The molecular weight excluding hydrogens is 384 g/mol. The van der Waals surface area contributed by atoms with E-state index >= 15 is 0 Å². The number of nitrogens with one attached hydrogen (secondary N) is 1. The van der Waals surface area contributed by atoms with Gasteiger partial charge in [-0.15, -0.1) is 0 Å². The molecule has 3 aromatic rings. The van der Waals surface area contributed by atoms with Crippen molar-refractivity contribution < 1.29 is 28.1 Å². The standard InChI is InChI=1S/C20H19FNO5P/c21-18-7-3-4-14(10-18)11-19(13-27-28(24,25)26)22-20(23)17-9-8-15-5-1-2-6-16(15)12-17/h1-10,12,19H,11,13H2,(H,22,23)(H2,24,25,26)/t19-/m0/s1. The lowest BCUT2D eigenvalue weighted by Gasteiger charge is -2.19. The van der Waals surface area contributed by atoms with E-state index in [9.17, 15) is 13.8 Å². The second kappa shape index (κ2) is 8.63. The number of halogens is 1. The Balaban J connectivity index is 1.78. The van der Waals surface area contributed by atoms with Crippen LogP contribution in [0.2, 0.25) is 0 Å². The lowest BCUT2D eigenvalue weighted by molar-refractivity contribution is 0.0909. The van der Waals surface area contributed by atoms with Gasteiger partial charge in [0, 0.05) is 5.56 Å². The predicted octanol–water partition coefficient (Wildman–Crippen LogP) is 3.43. The van der Waals surface area contributed by atoms with Crippen molar-refractivity contribution >= 4 is 24.5 Å². The highest BCUT2D eigenvalue weighted by atomic mass is 31.2. The molecule has 0 unspecified atom stereocenters. The van der Waals surface area contributed by atoms with Crippen molar-refractivity contribution in [2.24, 2.45) is 0 Å². The summed E-state index contributed by atoms with van der Waals surface area (Å²) in [6.45, 7) is -0.417. The van der Waals surface area contributed by atoms with Crippen LogP contribution in [-0.2, 0) is 15.5 Å². The summed E-state index contributed by atoms with van der Waals surface area (Å²) in [4.78, 5) is 30.6. The number of benzene rings is 3. The molecule has 3 N–H and O–H groups in total. The molecule has 0 aliphatic heterocycles. The molecule has 0 saturated heterocycles. The summed E-state index contributed by atoms with van der Waals surface area (Å²) in [6, 6.07) is 17.8. The first-order valence-corrected chi connectivity index (χ1v) is 10.1. The third kappa shape index (κ3) is 5.71. The quantitative estimate of drug-likeness (QED) is 0.526. The number of phosphoric ester groups is 1. The number of phosphoric acid groups is 1. The smallest absolute Gasteiger partial charge is 0.347 e. The SMILES string of the molecule is O=C(N[C@H](COP(=O)(O)O)Cc1cccc(F)c1)c1ccc2ccccc2c1. The summed E-state index contributed by atoms with van der Waals surface area (Å²) in [5.74, 6) is -0.852. The highest BCUT2D eigenvalue weighted by Crippen LogP contribution is 2.35. The molecular formula is C20H19FNO5P. The van der Waals surface area contributed by atoms with Crippen molar-refractivity contribution in [1.29, 1.82) is 0 Å². The first-order valence-electron chi connectivity index (χ1n) is 8.54. The van der Waals surface area contributed by atoms with Gasteiger partial charge in [-0.3, -0.25) is 9.32 Å². The number of carbonyl (C=O) groups excluding carboxylic acids is 1. The van der Waals surface area contributed by atoms with E-state index in [0.29, 0.717) is 11.1 Å². The van der Waals surface area contributed by atoms with E-state index in [1.165, 1.54) is 18.2 Å². The van der Waals surface area contributed by atoms with Crippen molar-refractivity contribution in [2.45, 2.75) is 12.5 Å². The van der Waals surface area contributed by atoms with E-state index in [-0.39, 0.29) is 6.42 Å². The highest BCUT2D eigenvalue weighted by Gasteiger charge is 2.21. The Kier molecular flexibility index (Phi) is 6.21. The van der Waals surface area contributed by atoms with Crippen LogP contribution in [0.25, 0.3) is 10.8 Å². The second-order valence-corrected chi connectivity index (χ2v) is 7.59. The molecule has 0 radical (unpaired) electrons. The van der Waals surface area contributed by atoms with Gasteiger partial charge in [0.2, 0.25) is 0 Å². The molecule has 0 aliphatic rings. The van der Waals surface area contributed by atoms with Gasteiger partial charge in [0.25, 0.3) is 5.91 Å². The Labute approximate surface area is 161 Å². The molecule has 6 nitrogen and oxygen atoms in total.